The smallest absolute Gasteiger partial charge is 0.342 e. The maximum absolute atomic E-state index is 5.15. The fourth-order valence-electron chi connectivity index (χ4n) is 1.19. The van der Waals surface area contributed by atoms with E-state index in [4.69, 9.17) is 4.18 Å². The van der Waals surface area contributed by atoms with E-state index in [2.05, 4.69) is 14.3 Å². The second-order valence-corrected chi connectivity index (χ2v) is 5.16. The van der Waals surface area contributed by atoms with E-state index < -0.39 is 0 Å². The van der Waals surface area contributed by atoms with Crippen LogP contribution >= 0.6 is 35.3 Å². The average molecular weight is 249 g/mol. The van der Waals surface area contributed by atoms with E-state index in [1.165, 1.54) is 35.1 Å². The van der Waals surface area contributed by atoms with Crippen molar-refractivity contribution in [1.82, 2.24) is 9.36 Å². The number of aromatic nitrogens is 2. The molecule has 0 aliphatic carbocycles. The van der Waals surface area contributed by atoms with E-state index in [1.807, 2.05) is 18.0 Å². The van der Waals surface area contributed by atoms with E-state index in [0.29, 0.717) is 6.01 Å². The summed E-state index contributed by atoms with van der Waals surface area (Å²) >= 11 is 4.68. The molecule has 78 valence electrons. The lowest BCUT2D eigenvalue weighted by atomic mass is 10.5. The van der Waals surface area contributed by atoms with Crippen LogP contribution in [-0.4, -0.2) is 40.2 Å². The molecule has 4 nitrogen and oxygen atoms in total. The summed E-state index contributed by atoms with van der Waals surface area (Å²) in [6, 6.07) is 0.482. The molecule has 0 atom stereocenters. The Morgan fingerprint density at radius 1 is 1.43 bits per heavy atom. The minimum Gasteiger partial charge on any atom is -0.389 e. The van der Waals surface area contributed by atoms with Crippen LogP contribution in [-0.2, 0) is 0 Å². The largest absolute Gasteiger partial charge is 0.389 e. The highest BCUT2D eigenvalue weighted by molar-refractivity contribution is 7.99. The Kier molecular flexibility index (Phi) is 3.77. The third kappa shape index (κ3) is 2.46. The van der Waals surface area contributed by atoms with Gasteiger partial charge in [0.15, 0.2) is 0 Å². The van der Waals surface area contributed by atoms with Gasteiger partial charge >= 0.3 is 6.01 Å². The topological polar surface area (TPSA) is 38.2 Å². The fourth-order valence-corrected chi connectivity index (χ4v) is 3.02. The third-order valence-corrected chi connectivity index (χ3v) is 3.85. The summed E-state index contributed by atoms with van der Waals surface area (Å²) in [5, 5.41) is 0.981. The van der Waals surface area contributed by atoms with Gasteiger partial charge in [0, 0.05) is 42.4 Å². The Hall–Kier alpha value is -0.140. The number of hydrogen-bond donors (Lipinski definition) is 0. The molecule has 14 heavy (non-hydrogen) atoms. The molecule has 0 bridgehead atoms. The van der Waals surface area contributed by atoms with Gasteiger partial charge in [-0.15, -0.1) is 4.37 Å². The van der Waals surface area contributed by atoms with Gasteiger partial charge in [0.2, 0.25) is 5.13 Å². The molecule has 1 aliphatic rings. The van der Waals surface area contributed by atoms with E-state index in [-0.39, 0.29) is 0 Å². The quantitative estimate of drug-likeness (QED) is 0.760. The zero-order valence-corrected chi connectivity index (χ0v) is 10.3. The Morgan fingerprint density at radius 2 is 2.21 bits per heavy atom. The van der Waals surface area contributed by atoms with Crippen LogP contribution in [0.5, 0.6) is 6.01 Å². The molecule has 0 saturated carbocycles. The summed E-state index contributed by atoms with van der Waals surface area (Å²) in [5.41, 5.74) is 0. The molecule has 0 aromatic carbocycles. The maximum Gasteiger partial charge on any atom is 0.342 e. The van der Waals surface area contributed by atoms with Crippen molar-refractivity contribution in [2.45, 2.75) is 0 Å². The molecule has 1 aliphatic heterocycles. The van der Waals surface area contributed by atoms with E-state index in [1.54, 1.807) is 0 Å². The standard InChI is InChI=1S/C7H11N3OS3/c1-12-11-6-8-7(14-9-6)10-2-4-13-5-3-10/h2-5H2,1H3. The molecule has 1 aromatic heterocycles. The molecule has 0 spiro atoms. The number of thioether (sulfide) groups is 1. The molecule has 1 aromatic rings. The predicted octanol–water partition coefficient (Wildman–Crippen LogP) is 1.75. The lowest BCUT2D eigenvalue weighted by molar-refractivity contribution is 0.600. The third-order valence-electron chi connectivity index (χ3n) is 1.84. The Bertz CT molecular complexity index is 287. The van der Waals surface area contributed by atoms with E-state index in [0.717, 1.165) is 18.2 Å². The van der Waals surface area contributed by atoms with Gasteiger partial charge in [-0.1, -0.05) is 0 Å². The van der Waals surface area contributed by atoms with Gasteiger partial charge in [-0.05, 0) is 0 Å². The average Bonchev–Trinajstić information content (AvgIpc) is 2.68. The molecule has 0 amide bonds. The van der Waals surface area contributed by atoms with Gasteiger partial charge in [-0.25, -0.2) is 0 Å². The van der Waals surface area contributed by atoms with Gasteiger partial charge in [0.25, 0.3) is 0 Å². The predicted molar refractivity (Wildman–Crippen MR) is 63.6 cm³/mol. The van der Waals surface area contributed by atoms with Crippen LogP contribution in [0.4, 0.5) is 5.13 Å². The number of rotatable bonds is 3. The van der Waals surface area contributed by atoms with Crippen molar-refractivity contribution in [2.75, 3.05) is 35.8 Å². The van der Waals surface area contributed by atoms with Gasteiger partial charge in [0.1, 0.15) is 0 Å². The molecule has 2 heterocycles. The Morgan fingerprint density at radius 3 is 2.93 bits per heavy atom. The summed E-state index contributed by atoms with van der Waals surface area (Å²) in [6.45, 7) is 2.14. The van der Waals surface area contributed by atoms with Crippen molar-refractivity contribution in [3.05, 3.63) is 0 Å². The van der Waals surface area contributed by atoms with Gasteiger partial charge in [-0.2, -0.15) is 16.7 Å². The zero-order chi connectivity index (χ0) is 9.80. The summed E-state index contributed by atoms with van der Waals surface area (Å²) in [7, 11) is 0. The van der Waals surface area contributed by atoms with Gasteiger partial charge in [-0.3, -0.25) is 0 Å². The summed E-state index contributed by atoms with van der Waals surface area (Å²) < 4.78 is 9.27. The molecule has 0 unspecified atom stereocenters. The number of nitrogens with zero attached hydrogens (tertiary/aromatic N) is 3. The summed E-state index contributed by atoms with van der Waals surface area (Å²) in [5.74, 6) is 2.36. The van der Waals surface area contributed by atoms with Crippen LogP contribution in [0.15, 0.2) is 0 Å². The molecule has 0 radical (unpaired) electrons. The van der Waals surface area contributed by atoms with Crippen LogP contribution in [0.1, 0.15) is 0 Å². The molecule has 2 rings (SSSR count). The van der Waals surface area contributed by atoms with Crippen LogP contribution in [0.2, 0.25) is 0 Å². The van der Waals surface area contributed by atoms with Crippen molar-refractivity contribution in [3.8, 4) is 6.01 Å². The first kappa shape index (κ1) is 10.4. The lowest BCUT2D eigenvalue weighted by Gasteiger charge is -2.24. The maximum atomic E-state index is 5.15. The second-order valence-electron chi connectivity index (χ2n) is 2.71. The van der Waals surface area contributed by atoms with E-state index in [9.17, 15) is 0 Å². The summed E-state index contributed by atoms with van der Waals surface area (Å²) in [6.07, 6.45) is 1.86. The Labute approximate surface area is 95.8 Å². The van der Waals surface area contributed by atoms with Crippen LogP contribution in [0, 0.1) is 0 Å². The fraction of sp³-hybridized carbons (Fsp3) is 0.714. The monoisotopic (exact) mass is 249 g/mol. The SMILES string of the molecule is CSOc1nsc(N2CCSCC2)n1. The van der Waals surface area contributed by atoms with Gasteiger partial charge < -0.3 is 9.08 Å². The molecule has 0 N–H and O–H groups in total. The van der Waals surface area contributed by atoms with Crippen molar-refractivity contribution in [2.24, 2.45) is 0 Å². The highest BCUT2D eigenvalue weighted by Gasteiger charge is 2.15. The highest BCUT2D eigenvalue weighted by atomic mass is 32.2. The van der Waals surface area contributed by atoms with Crippen molar-refractivity contribution >= 4 is 40.5 Å². The second kappa shape index (κ2) is 5.09. The molecule has 1 fully saturated rings. The van der Waals surface area contributed by atoms with Gasteiger partial charge in [0.05, 0.1) is 12.0 Å². The first-order valence-electron chi connectivity index (χ1n) is 4.27. The molecular weight excluding hydrogens is 238 g/mol. The number of hydrogen-bond acceptors (Lipinski definition) is 7. The normalized spacial score (nSPS) is 17.1. The first-order valence-corrected chi connectivity index (χ1v) is 7.35. The van der Waals surface area contributed by atoms with Crippen LogP contribution < -0.4 is 9.08 Å². The van der Waals surface area contributed by atoms with Crippen LogP contribution in [0.3, 0.4) is 0 Å². The van der Waals surface area contributed by atoms with Crippen molar-refractivity contribution in [3.63, 3.8) is 0 Å². The van der Waals surface area contributed by atoms with Crippen molar-refractivity contribution in [1.29, 1.82) is 0 Å². The first-order chi connectivity index (χ1) is 6.90. The number of anilines is 1. The van der Waals surface area contributed by atoms with Crippen LogP contribution in [0.25, 0.3) is 0 Å². The molecule has 7 heteroatoms. The minimum atomic E-state index is 0.482. The van der Waals surface area contributed by atoms with E-state index >= 15 is 0 Å². The lowest BCUT2D eigenvalue weighted by Crippen LogP contribution is -2.32. The molecule has 1 saturated heterocycles. The molecular formula is C7H11N3OS3. The minimum absolute atomic E-state index is 0.482. The Balaban J connectivity index is 2.00. The summed E-state index contributed by atoms with van der Waals surface area (Å²) in [4.78, 5) is 6.57. The van der Waals surface area contributed by atoms with Crippen molar-refractivity contribution < 1.29 is 4.18 Å². The highest BCUT2D eigenvalue weighted by Crippen LogP contribution is 2.24. The zero-order valence-electron chi connectivity index (χ0n) is 7.80.